The first kappa shape index (κ1) is 28.1. The highest BCUT2D eigenvalue weighted by molar-refractivity contribution is 5.86. The number of ether oxygens (including phenoxy) is 1. The quantitative estimate of drug-likeness (QED) is 0.229. The topological polar surface area (TPSA) is 80.7 Å². The first-order valence-electron chi connectivity index (χ1n) is 14.4. The minimum atomic E-state index is -0.932. The molecule has 4 rings (SSSR count). The van der Waals surface area contributed by atoms with Gasteiger partial charge < -0.3 is 9.84 Å². The molecule has 0 unspecified atom stereocenters. The third-order valence-corrected chi connectivity index (χ3v) is 12.1. The number of fused-ring (bicyclic) bond motifs is 4. The summed E-state index contributed by atoms with van der Waals surface area (Å²) >= 11 is 0. The Morgan fingerprint density at radius 2 is 1.68 bits per heavy atom. The van der Waals surface area contributed by atoms with E-state index in [1.807, 2.05) is 0 Å². The van der Waals surface area contributed by atoms with E-state index in [-0.39, 0.29) is 45.2 Å². The number of ketones is 1. The summed E-state index contributed by atoms with van der Waals surface area (Å²) in [7, 11) is 0. The molecule has 4 aliphatic carbocycles. The molecule has 5 heteroatoms. The van der Waals surface area contributed by atoms with Gasteiger partial charge in [-0.3, -0.25) is 9.59 Å². The van der Waals surface area contributed by atoms with Gasteiger partial charge >= 0.3 is 11.9 Å². The van der Waals surface area contributed by atoms with Gasteiger partial charge in [-0.2, -0.15) is 0 Å². The van der Waals surface area contributed by atoms with Gasteiger partial charge in [-0.25, -0.2) is 4.79 Å². The zero-order valence-corrected chi connectivity index (χ0v) is 24.3. The monoisotopic (exact) mass is 512 g/mol. The van der Waals surface area contributed by atoms with Crippen molar-refractivity contribution in [3.63, 3.8) is 0 Å². The third kappa shape index (κ3) is 4.23. The van der Waals surface area contributed by atoms with Crippen LogP contribution in [0.1, 0.15) is 113 Å². The van der Waals surface area contributed by atoms with Crippen molar-refractivity contribution in [3.8, 4) is 0 Å². The van der Waals surface area contributed by atoms with E-state index in [2.05, 4.69) is 41.5 Å². The summed E-state index contributed by atoms with van der Waals surface area (Å²) in [5.74, 6) is 0.140. The van der Waals surface area contributed by atoms with Crippen molar-refractivity contribution < 1.29 is 24.2 Å². The molecule has 5 nitrogen and oxygen atoms in total. The lowest BCUT2D eigenvalue weighted by atomic mass is 9.43. The first-order chi connectivity index (χ1) is 17.1. The minimum Gasteiger partial charge on any atom is -0.478 e. The van der Waals surface area contributed by atoms with Gasteiger partial charge in [-0.05, 0) is 85.9 Å². The molecule has 37 heavy (non-hydrogen) atoms. The average Bonchev–Trinajstić information content (AvgIpc) is 3.09. The molecule has 7 atom stereocenters. The van der Waals surface area contributed by atoms with Gasteiger partial charge in [0.25, 0.3) is 0 Å². The Morgan fingerprint density at radius 3 is 2.30 bits per heavy atom. The molecule has 0 aliphatic heterocycles. The summed E-state index contributed by atoms with van der Waals surface area (Å²) in [6, 6.07) is 0. The number of rotatable bonds is 6. The molecule has 4 aliphatic rings. The summed E-state index contributed by atoms with van der Waals surface area (Å²) in [5.41, 5.74) is 3.68. The largest absolute Gasteiger partial charge is 0.478 e. The van der Waals surface area contributed by atoms with Crippen LogP contribution in [-0.4, -0.2) is 28.9 Å². The van der Waals surface area contributed by atoms with E-state index in [9.17, 15) is 19.5 Å². The number of aliphatic carboxylic acids is 1. The van der Waals surface area contributed by atoms with Crippen LogP contribution in [0.4, 0.5) is 0 Å². The van der Waals surface area contributed by atoms with Gasteiger partial charge in [-0.1, -0.05) is 58.8 Å². The van der Waals surface area contributed by atoms with E-state index in [1.165, 1.54) is 6.92 Å². The molecule has 0 heterocycles. The average molecular weight is 513 g/mol. The number of hydrogen-bond donors (Lipinski definition) is 1. The van der Waals surface area contributed by atoms with Crippen LogP contribution in [0.3, 0.4) is 0 Å². The number of allylic oxidation sites excluding steroid dienone is 2. The molecule has 0 aromatic carbocycles. The second-order valence-corrected chi connectivity index (χ2v) is 13.9. The van der Waals surface area contributed by atoms with E-state index >= 15 is 0 Å². The molecule has 206 valence electrons. The number of carbonyl (C=O) groups is 3. The minimum absolute atomic E-state index is 0.0956. The number of carboxylic acid groups (broad SMARTS) is 1. The van der Waals surface area contributed by atoms with E-state index in [1.54, 1.807) is 24.1 Å². The predicted molar refractivity (Wildman–Crippen MR) is 145 cm³/mol. The zero-order valence-electron chi connectivity index (χ0n) is 24.3. The van der Waals surface area contributed by atoms with E-state index in [4.69, 9.17) is 4.74 Å². The van der Waals surface area contributed by atoms with Crippen molar-refractivity contribution in [1.82, 2.24) is 0 Å². The van der Waals surface area contributed by atoms with Crippen LogP contribution in [-0.2, 0) is 19.1 Å². The summed E-state index contributed by atoms with van der Waals surface area (Å²) in [6.45, 7) is 17.0. The molecule has 2 saturated carbocycles. The molecule has 0 amide bonds. The second kappa shape index (κ2) is 9.38. The van der Waals surface area contributed by atoms with Gasteiger partial charge in [0.1, 0.15) is 11.9 Å². The lowest BCUT2D eigenvalue weighted by molar-refractivity contribution is -0.151. The van der Waals surface area contributed by atoms with Gasteiger partial charge in [0, 0.05) is 30.8 Å². The Morgan fingerprint density at radius 1 is 1.00 bits per heavy atom. The highest BCUT2D eigenvalue weighted by atomic mass is 16.5. The van der Waals surface area contributed by atoms with Gasteiger partial charge in [0.2, 0.25) is 0 Å². The van der Waals surface area contributed by atoms with Crippen LogP contribution < -0.4 is 0 Å². The summed E-state index contributed by atoms with van der Waals surface area (Å²) < 4.78 is 5.82. The van der Waals surface area contributed by atoms with Crippen molar-refractivity contribution in [3.05, 3.63) is 22.8 Å². The standard InChI is InChI=1S/C32H48O5/c1-19(28(35)36)9-11-25(37-21(3)33)20(2)22-13-17-32(8)24-10-12-26-29(4,5)27(34)15-16-30(26,6)23(24)14-18-31(22,32)7/h9,20,22,25-26H,10-18H2,1-8H3,(H,35,36)/t20-,22+,25+,26+,30+,31+,32-/m0/s1. The summed E-state index contributed by atoms with van der Waals surface area (Å²) in [4.78, 5) is 36.3. The summed E-state index contributed by atoms with van der Waals surface area (Å²) in [5, 5.41) is 9.32. The first-order valence-corrected chi connectivity index (χ1v) is 14.4. The normalized spacial score (nSPS) is 38.8. The molecule has 0 aromatic rings. The molecule has 0 saturated heterocycles. The molecule has 0 radical (unpaired) electrons. The molecule has 0 aromatic heterocycles. The fourth-order valence-electron chi connectivity index (χ4n) is 9.60. The Bertz CT molecular complexity index is 1050. The van der Waals surface area contributed by atoms with Crippen LogP contribution in [0, 0.1) is 39.4 Å². The van der Waals surface area contributed by atoms with Crippen molar-refractivity contribution >= 4 is 17.7 Å². The van der Waals surface area contributed by atoms with Crippen molar-refractivity contribution in [1.29, 1.82) is 0 Å². The maximum atomic E-state index is 12.9. The molecular weight excluding hydrogens is 464 g/mol. The molecular formula is C32H48O5. The van der Waals surface area contributed by atoms with E-state index in [0.717, 1.165) is 44.9 Å². The van der Waals surface area contributed by atoms with Crippen molar-refractivity contribution in [2.75, 3.05) is 0 Å². The molecule has 0 bridgehead atoms. The number of carbonyl (C=O) groups excluding carboxylic acids is 2. The van der Waals surface area contributed by atoms with E-state index < -0.39 is 5.97 Å². The van der Waals surface area contributed by atoms with Crippen LogP contribution in [0.5, 0.6) is 0 Å². The van der Waals surface area contributed by atoms with Crippen LogP contribution >= 0.6 is 0 Å². The maximum Gasteiger partial charge on any atom is 0.330 e. The highest BCUT2D eigenvalue weighted by Crippen LogP contribution is 2.72. The van der Waals surface area contributed by atoms with Crippen molar-refractivity contribution in [2.24, 2.45) is 39.4 Å². The van der Waals surface area contributed by atoms with Crippen molar-refractivity contribution in [2.45, 2.75) is 119 Å². The fourth-order valence-corrected chi connectivity index (χ4v) is 9.60. The predicted octanol–water partition coefficient (Wildman–Crippen LogP) is 7.29. The van der Waals surface area contributed by atoms with E-state index in [0.29, 0.717) is 30.5 Å². The van der Waals surface area contributed by atoms with Crippen LogP contribution in [0.25, 0.3) is 0 Å². The van der Waals surface area contributed by atoms with Gasteiger partial charge in [0.05, 0.1) is 0 Å². The molecule has 1 N–H and O–H groups in total. The SMILES string of the molecule is CC(=O)O[C@H](CC=C(C)C(=O)O)[C@@H](C)[C@H]1CC[C@@]2(C)C3=C(CC[C@]12C)[C@@]1(C)CCC(=O)C(C)(C)[C@H]1CC3. The Kier molecular flexibility index (Phi) is 7.12. The molecule has 0 spiro atoms. The third-order valence-electron chi connectivity index (χ3n) is 12.1. The number of hydrogen-bond acceptors (Lipinski definition) is 4. The number of Topliss-reactive ketones (excluding diaryl/α,β-unsaturated/α-hetero) is 1. The lowest BCUT2D eigenvalue weighted by Gasteiger charge is -2.61. The molecule has 2 fully saturated rings. The Balaban J connectivity index is 1.67. The van der Waals surface area contributed by atoms with Crippen LogP contribution in [0.15, 0.2) is 22.8 Å². The zero-order chi connectivity index (χ0) is 27.6. The lowest BCUT2D eigenvalue weighted by Crippen LogP contribution is -2.54. The second-order valence-electron chi connectivity index (χ2n) is 13.9. The smallest absolute Gasteiger partial charge is 0.330 e. The maximum absolute atomic E-state index is 12.9. The summed E-state index contributed by atoms with van der Waals surface area (Å²) in [6.07, 6.45) is 10.1. The number of esters is 1. The van der Waals surface area contributed by atoms with Crippen LogP contribution in [0.2, 0.25) is 0 Å². The highest BCUT2D eigenvalue weighted by Gasteiger charge is 2.63. The number of carboxylic acids is 1. The van der Waals surface area contributed by atoms with Gasteiger partial charge in [-0.15, -0.1) is 0 Å². The Labute approximate surface area is 223 Å². The van der Waals surface area contributed by atoms with Gasteiger partial charge in [0.15, 0.2) is 0 Å². The fraction of sp³-hybridized carbons (Fsp3) is 0.781. The Hall–Kier alpha value is -1.91.